The quantitative estimate of drug-likeness (QED) is 0.728. The minimum absolute atomic E-state index is 0.0250. The van der Waals surface area contributed by atoms with Crippen molar-refractivity contribution in [2.75, 3.05) is 19.0 Å². The molecule has 1 aromatic carbocycles. The summed E-state index contributed by atoms with van der Waals surface area (Å²) in [7, 11) is 3.54. The van der Waals surface area contributed by atoms with E-state index in [1.807, 2.05) is 54.3 Å². The van der Waals surface area contributed by atoms with Crippen LogP contribution in [-0.2, 0) is 4.79 Å². The first kappa shape index (κ1) is 18.1. The summed E-state index contributed by atoms with van der Waals surface area (Å²) in [6, 6.07) is 13.6. The molecule has 25 heavy (non-hydrogen) atoms. The van der Waals surface area contributed by atoms with Gasteiger partial charge in [0.25, 0.3) is 5.91 Å². The molecule has 1 aliphatic heterocycles. The molecule has 0 saturated carbocycles. The van der Waals surface area contributed by atoms with Crippen LogP contribution in [0, 0.1) is 0 Å². The van der Waals surface area contributed by atoms with Crippen LogP contribution < -0.4 is 10.2 Å². The highest BCUT2D eigenvalue weighted by atomic mass is 79.9. The molecule has 0 fully saturated rings. The van der Waals surface area contributed by atoms with Gasteiger partial charge >= 0.3 is 0 Å². The fraction of sp³-hybridized carbons (Fsp3) is 0.222. The molecule has 0 saturated heterocycles. The lowest BCUT2D eigenvalue weighted by molar-refractivity contribution is -0.125. The molecule has 1 aliphatic rings. The van der Waals surface area contributed by atoms with Gasteiger partial charge in [0.1, 0.15) is 0 Å². The van der Waals surface area contributed by atoms with Crippen molar-refractivity contribution in [3.05, 3.63) is 62.4 Å². The Bertz CT molecular complexity index is 845. The summed E-state index contributed by atoms with van der Waals surface area (Å²) < 4.78 is 1.02. The molecule has 0 aliphatic carbocycles. The van der Waals surface area contributed by atoms with Crippen molar-refractivity contribution in [2.45, 2.75) is 13.0 Å². The Morgan fingerprint density at radius 3 is 2.48 bits per heavy atom. The third kappa shape index (κ3) is 3.49. The van der Waals surface area contributed by atoms with E-state index in [9.17, 15) is 4.79 Å². The normalized spacial score (nSPS) is 17.5. The molecule has 0 spiro atoms. The Morgan fingerprint density at radius 2 is 1.92 bits per heavy atom. The van der Waals surface area contributed by atoms with E-state index in [2.05, 4.69) is 21.2 Å². The number of allylic oxidation sites excluding steroid dienone is 1. The van der Waals surface area contributed by atoms with Crippen molar-refractivity contribution in [1.82, 2.24) is 10.2 Å². The fourth-order valence-electron chi connectivity index (χ4n) is 2.85. The summed E-state index contributed by atoms with van der Waals surface area (Å²) in [5.74, 6) is -0.0250. The highest BCUT2D eigenvalue weighted by Gasteiger charge is 2.35. The SMILES string of the molecule is CC1=C(C(=O)N(C)C)C(c2ccc(Br)s2)NC(=S)N1c1ccccc1. The minimum atomic E-state index is -0.251. The van der Waals surface area contributed by atoms with Crippen LogP contribution in [0.25, 0.3) is 0 Å². The van der Waals surface area contributed by atoms with Gasteiger partial charge in [-0.2, -0.15) is 0 Å². The smallest absolute Gasteiger partial charge is 0.253 e. The summed E-state index contributed by atoms with van der Waals surface area (Å²) in [5.41, 5.74) is 2.49. The molecular weight excluding hydrogens is 418 g/mol. The third-order valence-electron chi connectivity index (χ3n) is 4.01. The van der Waals surface area contributed by atoms with Gasteiger partial charge < -0.3 is 10.2 Å². The molecule has 3 rings (SSSR count). The van der Waals surface area contributed by atoms with Crippen LogP contribution in [0.4, 0.5) is 5.69 Å². The Balaban J connectivity index is 2.15. The average Bonchev–Trinajstić information content (AvgIpc) is 3.01. The van der Waals surface area contributed by atoms with Gasteiger partial charge in [0.2, 0.25) is 0 Å². The Morgan fingerprint density at radius 1 is 1.24 bits per heavy atom. The Kier molecular flexibility index (Phi) is 5.27. The molecule has 1 aromatic heterocycles. The van der Waals surface area contributed by atoms with E-state index in [0.29, 0.717) is 10.7 Å². The minimum Gasteiger partial charge on any atom is -0.350 e. The number of anilines is 1. The molecule has 4 nitrogen and oxygen atoms in total. The van der Waals surface area contributed by atoms with Gasteiger partial charge in [-0.05, 0) is 59.3 Å². The van der Waals surface area contributed by atoms with E-state index in [-0.39, 0.29) is 11.9 Å². The van der Waals surface area contributed by atoms with Crippen molar-refractivity contribution in [2.24, 2.45) is 0 Å². The predicted molar refractivity (Wildman–Crippen MR) is 111 cm³/mol. The molecular formula is C18H18BrN3OS2. The molecule has 130 valence electrons. The largest absolute Gasteiger partial charge is 0.350 e. The van der Waals surface area contributed by atoms with Crippen LogP contribution in [0.1, 0.15) is 17.8 Å². The van der Waals surface area contributed by atoms with Crippen LogP contribution in [0.3, 0.4) is 0 Å². The molecule has 2 heterocycles. The van der Waals surface area contributed by atoms with Crippen LogP contribution in [-0.4, -0.2) is 30.0 Å². The summed E-state index contributed by atoms with van der Waals surface area (Å²) in [4.78, 5) is 17.5. The van der Waals surface area contributed by atoms with Gasteiger partial charge in [0, 0.05) is 30.4 Å². The first-order valence-corrected chi connectivity index (χ1v) is 9.75. The number of hydrogen-bond donors (Lipinski definition) is 1. The first-order valence-electron chi connectivity index (χ1n) is 7.73. The second-order valence-electron chi connectivity index (χ2n) is 5.89. The number of benzene rings is 1. The summed E-state index contributed by atoms with van der Waals surface area (Å²) >= 11 is 10.7. The van der Waals surface area contributed by atoms with Crippen molar-refractivity contribution in [3.8, 4) is 0 Å². The lowest BCUT2D eigenvalue weighted by Gasteiger charge is -2.38. The van der Waals surface area contributed by atoms with Gasteiger partial charge in [-0.3, -0.25) is 9.69 Å². The van der Waals surface area contributed by atoms with Crippen LogP contribution in [0.2, 0.25) is 0 Å². The summed E-state index contributed by atoms with van der Waals surface area (Å²) in [5, 5.41) is 3.94. The third-order valence-corrected chi connectivity index (χ3v) is 6.00. The second kappa shape index (κ2) is 7.27. The van der Waals surface area contributed by atoms with E-state index < -0.39 is 0 Å². The molecule has 2 aromatic rings. The maximum absolute atomic E-state index is 12.9. The van der Waals surface area contributed by atoms with E-state index in [1.54, 1.807) is 30.3 Å². The molecule has 0 bridgehead atoms. The second-order valence-corrected chi connectivity index (χ2v) is 8.78. The Hall–Kier alpha value is -1.70. The molecule has 1 atom stereocenters. The standard InChI is InChI=1S/C18H18BrN3OS2/c1-11-15(17(23)21(2)3)16(13-9-10-14(19)25-13)20-18(24)22(11)12-7-5-4-6-8-12/h4-10,16H,1-3H3,(H,20,24). The summed E-state index contributed by atoms with van der Waals surface area (Å²) in [6.07, 6.45) is 0. The fourth-order valence-corrected chi connectivity index (χ4v) is 4.69. The average molecular weight is 436 g/mol. The molecule has 1 unspecified atom stereocenters. The van der Waals surface area contributed by atoms with Gasteiger partial charge in [0.15, 0.2) is 5.11 Å². The van der Waals surface area contributed by atoms with Crippen molar-refractivity contribution >= 4 is 56.2 Å². The number of amides is 1. The van der Waals surface area contributed by atoms with Gasteiger partial charge in [-0.25, -0.2) is 0 Å². The maximum Gasteiger partial charge on any atom is 0.253 e. The molecule has 7 heteroatoms. The van der Waals surface area contributed by atoms with E-state index in [0.717, 1.165) is 20.0 Å². The molecule has 0 radical (unpaired) electrons. The topological polar surface area (TPSA) is 35.6 Å². The van der Waals surface area contributed by atoms with Crippen molar-refractivity contribution in [3.63, 3.8) is 0 Å². The predicted octanol–water partition coefficient (Wildman–Crippen LogP) is 4.31. The lowest BCUT2D eigenvalue weighted by atomic mass is 9.99. The zero-order chi connectivity index (χ0) is 18.1. The molecule has 1 N–H and O–H groups in total. The number of carbonyl (C=O) groups excluding carboxylic acids is 1. The monoisotopic (exact) mass is 435 g/mol. The number of rotatable bonds is 3. The number of nitrogens with zero attached hydrogens (tertiary/aromatic N) is 2. The number of thiophene rings is 1. The number of halogens is 1. The van der Waals surface area contributed by atoms with Crippen LogP contribution >= 0.6 is 39.5 Å². The number of thiocarbonyl (C=S) groups is 1. The zero-order valence-electron chi connectivity index (χ0n) is 14.1. The maximum atomic E-state index is 12.9. The van der Waals surface area contributed by atoms with Gasteiger partial charge in [-0.15, -0.1) is 11.3 Å². The highest BCUT2D eigenvalue weighted by Crippen LogP contribution is 2.37. The van der Waals surface area contributed by atoms with Crippen LogP contribution in [0.15, 0.2) is 57.5 Å². The summed E-state index contributed by atoms with van der Waals surface area (Å²) in [6.45, 7) is 1.95. The zero-order valence-corrected chi connectivity index (χ0v) is 17.3. The number of nitrogens with one attached hydrogen (secondary N) is 1. The molecule has 1 amide bonds. The number of carbonyl (C=O) groups is 1. The van der Waals surface area contributed by atoms with Crippen molar-refractivity contribution < 1.29 is 4.79 Å². The number of likely N-dealkylation sites (N-methyl/N-ethyl adjacent to an activating group) is 1. The number of para-hydroxylation sites is 1. The van der Waals surface area contributed by atoms with E-state index >= 15 is 0 Å². The Labute approximate surface area is 165 Å². The van der Waals surface area contributed by atoms with Crippen LogP contribution in [0.5, 0.6) is 0 Å². The van der Waals surface area contributed by atoms with E-state index in [4.69, 9.17) is 12.2 Å². The van der Waals surface area contributed by atoms with Crippen molar-refractivity contribution in [1.29, 1.82) is 0 Å². The van der Waals surface area contributed by atoms with E-state index in [1.165, 1.54) is 0 Å². The first-order chi connectivity index (χ1) is 11.9. The van der Waals surface area contributed by atoms with Gasteiger partial charge in [0.05, 0.1) is 15.4 Å². The number of hydrogen-bond acceptors (Lipinski definition) is 3. The lowest BCUT2D eigenvalue weighted by Crippen LogP contribution is -2.49. The van der Waals surface area contributed by atoms with Gasteiger partial charge in [-0.1, -0.05) is 18.2 Å². The highest BCUT2D eigenvalue weighted by molar-refractivity contribution is 9.11.